The van der Waals surface area contributed by atoms with Gasteiger partial charge in [-0.25, -0.2) is 12.8 Å². The van der Waals surface area contributed by atoms with Gasteiger partial charge in [-0.2, -0.15) is 0 Å². The van der Waals surface area contributed by atoms with Crippen molar-refractivity contribution in [2.75, 3.05) is 11.5 Å². The molecule has 0 saturated heterocycles. The van der Waals surface area contributed by atoms with Crippen molar-refractivity contribution in [3.8, 4) is 0 Å². The second kappa shape index (κ2) is 6.50. The van der Waals surface area contributed by atoms with Crippen LogP contribution < -0.4 is 5.73 Å². The smallest absolute Gasteiger partial charge is 0.150 e. The maximum absolute atomic E-state index is 13.2. The first-order chi connectivity index (χ1) is 8.35. The van der Waals surface area contributed by atoms with Crippen molar-refractivity contribution in [2.24, 2.45) is 5.73 Å². The summed E-state index contributed by atoms with van der Waals surface area (Å²) in [6.45, 7) is 1.61. The standard InChI is InChI=1S/C12H17ClFNO2S/c1-2-18(16,17)7-3-4-12(15)9-5-6-10(13)11(14)8-9/h5-6,8,12H,2-4,7,15H2,1H3. The predicted molar refractivity (Wildman–Crippen MR) is 71.9 cm³/mol. The Balaban J connectivity index is 2.55. The van der Waals surface area contributed by atoms with Gasteiger partial charge >= 0.3 is 0 Å². The molecule has 1 atom stereocenters. The van der Waals surface area contributed by atoms with Crippen molar-refractivity contribution in [1.82, 2.24) is 0 Å². The molecular formula is C12H17ClFNO2S. The molecule has 0 aliphatic heterocycles. The van der Waals surface area contributed by atoms with Crippen molar-refractivity contribution in [2.45, 2.75) is 25.8 Å². The first-order valence-electron chi connectivity index (χ1n) is 5.76. The molecule has 2 N–H and O–H groups in total. The van der Waals surface area contributed by atoms with Crippen molar-refractivity contribution in [3.63, 3.8) is 0 Å². The number of hydrogen-bond donors (Lipinski definition) is 1. The summed E-state index contributed by atoms with van der Waals surface area (Å²) >= 11 is 5.57. The summed E-state index contributed by atoms with van der Waals surface area (Å²) in [6.07, 6.45) is 0.974. The first kappa shape index (κ1) is 15.4. The van der Waals surface area contributed by atoms with E-state index in [2.05, 4.69) is 0 Å². The average molecular weight is 294 g/mol. The second-order valence-electron chi connectivity index (χ2n) is 4.16. The number of nitrogens with two attached hydrogens (primary N) is 1. The van der Waals surface area contributed by atoms with Crippen molar-refractivity contribution in [1.29, 1.82) is 0 Å². The van der Waals surface area contributed by atoms with E-state index in [0.29, 0.717) is 18.4 Å². The highest BCUT2D eigenvalue weighted by Gasteiger charge is 2.12. The van der Waals surface area contributed by atoms with E-state index in [4.69, 9.17) is 17.3 Å². The number of hydrogen-bond acceptors (Lipinski definition) is 3. The van der Waals surface area contributed by atoms with Gasteiger partial charge in [-0.3, -0.25) is 0 Å². The summed E-state index contributed by atoms with van der Waals surface area (Å²) in [5.74, 6) is -0.253. The van der Waals surface area contributed by atoms with E-state index in [9.17, 15) is 12.8 Å². The highest BCUT2D eigenvalue weighted by molar-refractivity contribution is 7.91. The Morgan fingerprint density at radius 2 is 2.11 bits per heavy atom. The van der Waals surface area contributed by atoms with Crippen molar-refractivity contribution >= 4 is 21.4 Å². The zero-order chi connectivity index (χ0) is 13.8. The minimum Gasteiger partial charge on any atom is -0.324 e. The van der Waals surface area contributed by atoms with Crippen LogP contribution in [0.15, 0.2) is 18.2 Å². The third-order valence-corrected chi connectivity index (χ3v) is 4.88. The topological polar surface area (TPSA) is 60.2 Å². The van der Waals surface area contributed by atoms with Crippen LogP contribution in [0.1, 0.15) is 31.4 Å². The highest BCUT2D eigenvalue weighted by atomic mass is 35.5. The molecule has 1 aromatic rings. The molecule has 0 spiro atoms. The fourth-order valence-electron chi connectivity index (χ4n) is 1.58. The van der Waals surface area contributed by atoms with Crippen LogP contribution in [-0.4, -0.2) is 19.9 Å². The van der Waals surface area contributed by atoms with Crippen LogP contribution in [0.5, 0.6) is 0 Å². The summed E-state index contributed by atoms with van der Waals surface area (Å²) in [7, 11) is -2.96. The van der Waals surface area contributed by atoms with Crippen LogP contribution in [0.4, 0.5) is 4.39 Å². The fourth-order valence-corrected chi connectivity index (χ4v) is 2.59. The molecule has 18 heavy (non-hydrogen) atoms. The molecule has 0 aliphatic rings. The summed E-state index contributed by atoms with van der Waals surface area (Å²) in [6, 6.07) is 4.03. The lowest BCUT2D eigenvalue weighted by molar-refractivity contribution is 0.580. The SMILES string of the molecule is CCS(=O)(=O)CCCC(N)c1ccc(Cl)c(F)c1. The Bertz CT molecular complexity index is 505. The molecule has 1 unspecified atom stereocenters. The Morgan fingerprint density at radius 3 is 2.67 bits per heavy atom. The van der Waals surface area contributed by atoms with Gasteiger partial charge in [-0.05, 0) is 30.5 Å². The molecule has 0 bridgehead atoms. The summed E-state index contributed by atoms with van der Waals surface area (Å²) in [5.41, 5.74) is 6.51. The molecule has 0 radical (unpaired) electrons. The molecular weight excluding hydrogens is 277 g/mol. The maximum atomic E-state index is 13.2. The lowest BCUT2D eigenvalue weighted by atomic mass is 10.0. The minimum absolute atomic E-state index is 0.0551. The average Bonchev–Trinajstić information content (AvgIpc) is 2.32. The van der Waals surface area contributed by atoms with Crippen molar-refractivity contribution in [3.05, 3.63) is 34.6 Å². The van der Waals surface area contributed by atoms with E-state index in [1.54, 1.807) is 13.0 Å². The Kier molecular flexibility index (Phi) is 5.56. The van der Waals surface area contributed by atoms with Crippen LogP contribution in [0.3, 0.4) is 0 Å². The molecule has 0 aromatic heterocycles. The zero-order valence-electron chi connectivity index (χ0n) is 10.2. The van der Waals surface area contributed by atoms with Gasteiger partial charge in [0.1, 0.15) is 15.7 Å². The van der Waals surface area contributed by atoms with Gasteiger partial charge in [-0.15, -0.1) is 0 Å². The monoisotopic (exact) mass is 293 g/mol. The maximum Gasteiger partial charge on any atom is 0.150 e. The fraction of sp³-hybridized carbons (Fsp3) is 0.500. The molecule has 6 heteroatoms. The molecule has 102 valence electrons. The van der Waals surface area contributed by atoms with Crippen LogP contribution >= 0.6 is 11.6 Å². The summed E-state index contributed by atoms with van der Waals surface area (Å²) in [4.78, 5) is 0. The van der Waals surface area contributed by atoms with E-state index < -0.39 is 15.7 Å². The first-order valence-corrected chi connectivity index (χ1v) is 7.96. The third-order valence-electron chi connectivity index (χ3n) is 2.78. The Labute approximate surface area is 112 Å². The van der Waals surface area contributed by atoms with Crippen LogP contribution in [0.25, 0.3) is 0 Å². The number of halogens is 2. The molecule has 0 fully saturated rings. The molecule has 0 saturated carbocycles. The van der Waals surface area contributed by atoms with E-state index in [0.717, 1.165) is 0 Å². The van der Waals surface area contributed by atoms with E-state index >= 15 is 0 Å². The molecule has 1 aromatic carbocycles. The van der Waals surface area contributed by atoms with Crippen LogP contribution in [0, 0.1) is 5.82 Å². The predicted octanol–water partition coefficient (Wildman–Crippen LogP) is 2.69. The minimum atomic E-state index is -2.96. The van der Waals surface area contributed by atoms with Crippen LogP contribution in [0.2, 0.25) is 5.02 Å². The van der Waals surface area contributed by atoms with Gasteiger partial charge in [0.2, 0.25) is 0 Å². The third kappa shape index (κ3) is 4.55. The Morgan fingerprint density at radius 1 is 1.44 bits per heavy atom. The van der Waals surface area contributed by atoms with Crippen LogP contribution in [-0.2, 0) is 9.84 Å². The molecule has 1 rings (SSSR count). The molecule has 0 heterocycles. The second-order valence-corrected chi connectivity index (χ2v) is 7.04. The molecule has 0 aliphatic carbocycles. The zero-order valence-corrected chi connectivity index (χ0v) is 11.8. The number of benzene rings is 1. The van der Waals surface area contributed by atoms with Crippen molar-refractivity contribution < 1.29 is 12.8 Å². The summed E-state index contributed by atoms with van der Waals surface area (Å²) in [5, 5.41) is 0.0551. The number of rotatable bonds is 6. The quantitative estimate of drug-likeness (QED) is 0.877. The van der Waals surface area contributed by atoms with Gasteiger partial charge in [0.25, 0.3) is 0 Å². The van der Waals surface area contributed by atoms with Gasteiger partial charge in [-0.1, -0.05) is 24.6 Å². The molecule has 0 amide bonds. The Hall–Kier alpha value is -0.650. The lowest BCUT2D eigenvalue weighted by Crippen LogP contribution is -2.14. The largest absolute Gasteiger partial charge is 0.324 e. The van der Waals surface area contributed by atoms with E-state index in [1.807, 2.05) is 0 Å². The summed E-state index contributed by atoms with van der Waals surface area (Å²) < 4.78 is 35.8. The van der Waals surface area contributed by atoms with Gasteiger partial charge < -0.3 is 5.73 Å². The normalized spacial score (nSPS) is 13.6. The van der Waals surface area contributed by atoms with Gasteiger partial charge in [0.05, 0.1) is 10.8 Å². The van der Waals surface area contributed by atoms with E-state index in [-0.39, 0.29) is 22.6 Å². The molecule has 3 nitrogen and oxygen atoms in total. The van der Waals surface area contributed by atoms with E-state index in [1.165, 1.54) is 12.1 Å². The van der Waals surface area contributed by atoms with Gasteiger partial charge in [0.15, 0.2) is 0 Å². The highest BCUT2D eigenvalue weighted by Crippen LogP contribution is 2.21. The van der Waals surface area contributed by atoms with Gasteiger partial charge in [0, 0.05) is 11.8 Å². The lowest BCUT2D eigenvalue weighted by Gasteiger charge is -2.12. The number of sulfone groups is 1.